The summed E-state index contributed by atoms with van der Waals surface area (Å²) in [6.07, 6.45) is 3.49. The summed E-state index contributed by atoms with van der Waals surface area (Å²) in [6.45, 7) is 8.70. The SMILES string of the molecule is CCC(C)(C)c1ccc(C(NC)C2CCOCC2)cc1. The van der Waals surface area contributed by atoms with Gasteiger partial charge in [-0.05, 0) is 48.8 Å². The second kappa shape index (κ2) is 6.73. The van der Waals surface area contributed by atoms with Crippen LogP contribution in [-0.4, -0.2) is 20.3 Å². The molecule has 1 aliphatic heterocycles. The van der Waals surface area contributed by atoms with Crippen LogP contribution in [0.15, 0.2) is 24.3 Å². The molecule has 1 aromatic rings. The molecule has 1 atom stereocenters. The monoisotopic (exact) mass is 275 g/mol. The van der Waals surface area contributed by atoms with Crippen molar-refractivity contribution in [3.05, 3.63) is 35.4 Å². The summed E-state index contributed by atoms with van der Waals surface area (Å²) in [6, 6.07) is 9.69. The molecular formula is C18H29NO. The highest BCUT2D eigenvalue weighted by Crippen LogP contribution is 2.32. The number of nitrogens with one attached hydrogen (secondary N) is 1. The first kappa shape index (κ1) is 15.5. The first-order chi connectivity index (χ1) is 9.58. The van der Waals surface area contributed by atoms with Crippen LogP contribution in [0.4, 0.5) is 0 Å². The molecule has 20 heavy (non-hydrogen) atoms. The predicted octanol–water partition coefficient (Wildman–Crippen LogP) is 4.06. The fraction of sp³-hybridized carbons (Fsp3) is 0.667. The van der Waals surface area contributed by atoms with Gasteiger partial charge in [0, 0.05) is 19.3 Å². The molecule has 1 N–H and O–H groups in total. The summed E-state index contributed by atoms with van der Waals surface area (Å²) in [5.74, 6) is 0.693. The molecule has 1 fully saturated rings. The molecule has 0 radical (unpaired) electrons. The van der Waals surface area contributed by atoms with Crippen molar-refractivity contribution < 1.29 is 4.74 Å². The first-order valence-electron chi connectivity index (χ1n) is 7.94. The standard InChI is InChI=1S/C18H29NO/c1-5-18(2,3)16-8-6-14(7-9-16)17(19-4)15-10-12-20-13-11-15/h6-9,15,17,19H,5,10-13H2,1-4H3. The molecule has 0 saturated carbocycles. The second-order valence-electron chi connectivity index (χ2n) is 6.58. The molecule has 0 bridgehead atoms. The van der Waals surface area contributed by atoms with E-state index in [2.05, 4.69) is 57.4 Å². The Balaban J connectivity index is 2.14. The Morgan fingerprint density at radius 2 is 1.80 bits per heavy atom. The van der Waals surface area contributed by atoms with Gasteiger partial charge in [-0.15, -0.1) is 0 Å². The first-order valence-corrected chi connectivity index (χ1v) is 7.94. The molecule has 1 aliphatic rings. The number of hydrogen-bond donors (Lipinski definition) is 1. The maximum Gasteiger partial charge on any atom is 0.0469 e. The van der Waals surface area contributed by atoms with Crippen molar-refractivity contribution in [1.82, 2.24) is 5.32 Å². The minimum absolute atomic E-state index is 0.270. The van der Waals surface area contributed by atoms with Gasteiger partial charge in [-0.2, -0.15) is 0 Å². The Bertz CT molecular complexity index is 404. The zero-order chi connectivity index (χ0) is 14.6. The van der Waals surface area contributed by atoms with E-state index in [1.54, 1.807) is 0 Å². The van der Waals surface area contributed by atoms with Gasteiger partial charge in [-0.3, -0.25) is 0 Å². The third-order valence-corrected chi connectivity index (χ3v) is 4.98. The van der Waals surface area contributed by atoms with Gasteiger partial charge >= 0.3 is 0 Å². The highest BCUT2D eigenvalue weighted by molar-refractivity contribution is 5.30. The minimum atomic E-state index is 0.270. The third kappa shape index (κ3) is 3.42. The van der Waals surface area contributed by atoms with Crippen molar-refractivity contribution in [1.29, 1.82) is 0 Å². The highest BCUT2D eigenvalue weighted by atomic mass is 16.5. The normalized spacial score (nSPS) is 19.0. The maximum absolute atomic E-state index is 5.48. The fourth-order valence-corrected chi connectivity index (χ4v) is 3.07. The molecule has 0 amide bonds. The number of benzene rings is 1. The average Bonchev–Trinajstić information content (AvgIpc) is 2.50. The molecule has 2 heteroatoms. The van der Waals surface area contributed by atoms with E-state index >= 15 is 0 Å². The van der Waals surface area contributed by atoms with E-state index < -0.39 is 0 Å². The van der Waals surface area contributed by atoms with Crippen molar-refractivity contribution in [3.63, 3.8) is 0 Å². The number of rotatable bonds is 5. The Kier molecular flexibility index (Phi) is 5.22. The van der Waals surface area contributed by atoms with Crippen LogP contribution in [0.5, 0.6) is 0 Å². The van der Waals surface area contributed by atoms with Crippen LogP contribution in [0.3, 0.4) is 0 Å². The topological polar surface area (TPSA) is 21.3 Å². The van der Waals surface area contributed by atoms with Crippen molar-refractivity contribution in [3.8, 4) is 0 Å². The number of hydrogen-bond acceptors (Lipinski definition) is 2. The molecule has 112 valence electrons. The zero-order valence-electron chi connectivity index (χ0n) is 13.4. The van der Waals surface area contributed by atoms with Crippen LogP contribution in [-0.2, 0) is 10.2 Å². The lowest BCUT2D eigenvalue weighted by atomic mass is 9.80. The van der Waals surface area contributed by atoms with E-state index in [9.17, 15) is 0 Å². The van der Waals surface area contributed by atoms with Gasteiger partial charge in [0.15, 0.2) is 0 Å². The lowest BCUT2D eigenvalue weighted by Gasteiger charge is -2.31. The Morgan fingerprint density at radius 3 is 2.30 bits per heavy atom. The van der Waals surface area contributed by atoms with Gasteiger partial charge in [0.05, 0.1) is 0 Å². The van der Waals surface area contributed by atoms with Crippen LogP contribution in [0.25, 0.3) is 0 Å². The summed E-state index contributed by atoms with van der Waals surface area (Å²) in [5, 5.41) is 3.50. The number of ether oxygens (including phenoxy) is 1. The van der Waals surface area contributed by atoms with E-state index in [-0.39, 0.29) is 5.41 Å². The summed E-state index contributed by atoms with van der Waals surface area (Å²) < 4.78 is 5.48. The van der Waals surface area contributed by atoms with Crippen LogP contribution < -0.4 is 5.32 Å². The van der Waals surface area contributed by atoms with Crippen LogP contribution in [0.1, 0.15) is 57.2 Å². The second-order valence-corrected chi connectivity index (χ2v) is 6.58. The van der Waals surface area contributed by atoms with Gasteiger partial charge in [0.25, 0.3) is 0 Å². The highest BCUT2D eigenvalue weighted by Gasteiger charge is 2.25. The molecule has 1 saturated heterocycles. The van der Waals surface area contributed by atoms with Crippen LogP contribution >= 0.6 is 0 Å². The van der Waals surface area contributed by atoms with Gasteiger partial charge in [-0.25, -0.2) is 0 Å². The maximum atomic E-state index is 5.48. The Morgan fingerprint density at radius 1 is 1.20 bits per heavy atom. The lowest BCUT2D eigenvalue weighted by Crippen LogP contribution is -2.30. The zero-order valence-corrected chi connectivity index (χ0v) is 13.4. The molecule has 0 aromatic heterocycles. The van der Waals surface area contributed by atoms with Crippen molar-refractivity contribution in [2.75, 3.05) is 20.3 Å². The quantitative estimate of drug-likeness (QED) is 0.875. The largest absolute Gasteiger partial charge is 0.381 e. The lowest BCUT2D eigenvalue weighted by molar-refractivity contribution is 0.0546. The van der Waals surface area contributed by atoms with Crippen LogP contribution in [0, 0.1) is 5.92 Å². The summed E-state index contributed by atoms with van der Waals surface area (Å²) in [7, 11) is 2.07. The van der Waals surface area contributed by atoms with E-state index in [0.29, 0.717) is 12.0 Å². The molecule has 2 nitrogen and oxygen atoms in total. The molecule has 1 heterocycles. The Labute approximate surface area is 123 Å². The Hall–Kier alpha value is -0.860. The van der Waals surface area contributed by atoms with Gasteiger partial charge in [-0.1, -0.05) is 45.0 Å². The van der Waals surface area contributed by atoms with E-state index in [1.807, 2.05) is 0 Å². The van der Waals surface area contributed by atoms with Crippen molar-refractivity contribution >= 4 is 0 Å². The summed E-state index contributed by atoms with van der Waals surface area (Å²) >= 11 is 0. The van der Waals surface area contributed by atoms with E-state index in [0.717, 1.165) is 26.1 Å². The van der Waals surface area contributed by atoms with Gasteiger partial charge in [0.2, 0.25) is 0 Å². The average molecular weight is 275 g/mol. The van der Waals surface area contributed by atoms with Crippen LogP contribution in [0.2, 0.25) is 0 Å². The van der Waals surface area contributed by atoms with E-state index in [1.165, 1.54) is 17.5 Å². The molecule has 1 aromatic carbocycles. The van der Waals surface area contributed by atoms with Gasteiger partial charge < -0.3 is 10.1 Å². The van der Waals surface area contributed by atoms with Gasteiger partial charge in [0.1, 0.15) is 0 Å². The molecule has 1 unspecified atom stereocenters. The minimum Gasteiger partial charge on any atom is -0.381 e. The predicted molar refractivity (Wildman–Crippen MR) is 85.1 cm³/mol. The molecule has 0 spiro atoms. The molecule has 0 aliphatic carbocycles. The van der Waals surface area contributed by atoms with Crippen molar-refractivity contribution in [2.45, 2.75) is 51.5 Å². The fourth-order valence-electron chi connectivity index (χ4n) is 3.07. The molecular weight excluding hydrogens is 246 g/mol. The summed E-state index contributed by atoms with van der Waals surface area (Å²) in [4.78, 5) is 0. The molecule has 2 rings (SSSR count). The van der Waals surface area contributed by atoms with Crippen molar-refractivity contribution in [2.24, 2.45) is 5.92 Å². The summed E-state index contributed by atoms with van der Waals surface area (Å²) in [5.41, 5.74) is 3.12. The van der Waals surface area contributed by atoms with E-state index in [4.69, 9.17) is 4.74 Å². The third-order valence-electron chi connectivity index (χ3n) is 4.98. The smallest absolute Gasteiger partial charge is 0.0469 e.